The Kier molecular flexibility index (Phi) is 4.25. The van der Waals surface area contributed by atoms with Gasteiger partial charge in [0.05, 0.1) is 12.1 Å². The second kappa shape index (κ2) is 5.72. The molecule has 1 amide bonds. The van der Waals surface area contributed by atoms with Crippen LogP contribution in [0.3, 0.4) is 0 Å². The van der Waals surface area contributed by atoms with Crippen LogP contribution in [-0.2, 0) is 0 Å². The van der Waals surface area contributed by atoms with E-state index in [2.05, 4.69) is 0 Å². The number of aliphatic hydroxyl groups is 1. The fraction of sp³-hybridized carbons (Fsp3) is 0.500. The lowest BCUT2D eigenvalue weighted by molar-refractivity contribution is 0.0268. The van der Waals surface area contributed by atoms with Crippen LogP contribution >= 0.6 is 11.6 Å². The zero-order valence-electron chi connectivity index (χ0n) is 10.5. The molecular formula is C14H18ClNO2. The van der Waals surface area contributed by atoms with E-state index < -0.39 is 6.10 Å². The minimum atomic E-state index is -0.410. The molecule has 98 valence electrons. The highest BCUT2D eigenvalue weighted by Crippen LogP contribution is 2.24. The minimum absolute atomic E-state index is 0.0785. The van der Waals surface area contributed by atoms with Crippen molar-refractivity contribution in [2.75, 3.05) is 7.05 Å². The van der Waals surface area contributed by atoms with E-state index in [0.717, 1.165) is 25.7 Å². The fourth-order valence-corrected chi connectivity index (χ4v) is 2.71. The largest absolute Gasteiger partial charge is 0.391 e. The quantitative estimate of drug-likeness (QED) is 0.895. The Hall–Kier alpha value is -1.06. The van der Waals surface area contributed by atoms with Crippen LogP contribution in [0.2, 0.25) is 5.02 Å². The molecule has 3 nitrogen and oxygen atoms in total. The second-order valence-corrected chi connectivity index (χ2v) is 5.28. The molecule has 1 aromatic carbocycles. The van der Waals surface area contributed by atoms with Gasteiger partial charge in [0.2, 0.25) is 0 Å². The SMILES string of the molecule is CN(C(=O)c1cccc(Cl)c1)[C@@H]1CCCC[C@@H]1O. The Morgan fingerprint density at radius 2 is 2.11 bits per heavy atom. The third-order valence-electron chi connectivity index (χ3n) is 3.58. The molecule has 2 atom stereocenters. The second-order valence-electron chi connectivity index (χ2n) is 4.85. The molecular weight excluding hydrogens is 250 g/mol. The van der Waals surface area contributed by atoms with E-state index in [9.17, 15) is 9.90 Å². The van der Waals surface area contributed by atoms with E-state index in [1.807, 2.05) is 0 Å². The van der Waals surface area contributed by atoms with Gasteiger partial charge in [-0.05, 0) is 31.0 Å². The van der Waals surface area contributed by atoms with Gasteiger partial charge in [0, 0.05) is 17.6 Å². The first kappa shape index (κ1) is 13.4. The van der Waals surface area contributed by atoms with Crippen molar-refractivity contribution in [3.05, 3.63) is 34.9 Å². The van der Waals surface area contributed by atoms with Crippen LogP contribution in [0, 0.1) is 0 Å². The molecule has 4 heteroatoms. The lowest BCUT2D eigenvalue weighted by Crippen LogP contribution is -2.46. The third-order valence-corrected chi connectivity index (χ3v) is 3.82. The number of rotatable bonds is 2. The average molecular weight is 268 g/mol. The van der Waals surface area contributed by atoms with Crippen molar-refractivity contribution < 1.29 is 9.90 Å². The number of amides is 1. The van der Waals surface area contributed by atoms with Crippen molar-refractivity contribution in [3.63, 3.8) is 0 Å². The van der Waals surface area contributed by atoms with E-state index in [1.165, 1.54) is 0 Å². The predicted octanol–water partition coefficient (Wildman–Crippen LogP) is 2.72. The number of hydrogen-bond acceptors (Lipinski definition) is 2. The van der Waals surface area contributed by atoms with Gasteiger partial charge in [-0.15, -0.1) is 0 Å². The Bertz CT molecular complexity index is 436. The van der Waals surface area contributed by atoms with E-state index >= 15 is 0 Å². The van der Waals surface area contributed by atoms with E-state index in [0.29, 0.717) is 10.6 Å². The molecule has 1 N–H and O–H groups in total. The van der Waals surface area contributed by atoms with E-state index in [4.69, 9.17) is 11.6 Å². The molecule has 1 aromatic rings. The molecule has 18 heavy (non-hydrogen) atoms. The van der Waals surface area contributed by atoms with Gasteiger partial charge in [0.1, 0.15) is 0 Å². The standard InChI is InChI=1S/C14H18ClNO2/c1-16(12-7-2-3-8-13(12)17)14(18)10-5-4-6-11(15)9-10/h4-6,9,12-13,17H,2-3,7-8H2,1H3/t12-,13+/m1/s1. The summed E-state index contributed by atoms with van der Waals surface area (Å²) in [7, 11) is 1.75. The summed E-state index contributed by atoms with van der Waals surface area (Å²) in [6, 6.07) is 6.84. The van der Waals surface area contributed by atoms with E-state index in [-0.39, 0.29) is 11.9 Å². The molecule has 1 aliphatic rings. The molecule has 0 bridgehead atoms. The summed E-state index contributed by atoms with van der Waals surface area (Å²) in [6.07, 6.45) is 3.33. The summed E-state index contributed by atoms with van der Waals surface area (Å²) in [5.74, 6) is -0.0801. The molecule has 2 rings (SSSR count). The van der Waals surface area contributed by atoms with Gasteiger partial charge in [-0.1, -0.05) is 30.5 Å². The average Bonchev–Trinajstić information content (AvgIpc) is 2.37. The zero-order valence-corrected chi connectivity index (χ0v) is 11.2. The van der Waals surface area contributed by atoms with Crippen LogP contribution in [0.25, 0.3) is 0 Å². The maximum Gasteiger partial charge on any atom is 0.253 e. The van der Waals surface area contributed by atoms with Gasteiger partial charge < -0.3 is 10.0 Å². The first-order chi connectivity index (χ1) is 8.59. The number of likely N-dealkylation sites (N-methyl/N-ethyl adjacent to an activating group) is 1. The number of carbonyl (C=O) groups excluding carboxylic acids is 1. The number of benzene rings is 1. The van der Waals surface area contributed by atoms with Crippen molar-refractivity contribution in [2.24, 2.45) is 0 Å². The summed E-state index contributed by atoms with van der Waals surface area (Å²) < 4.78 is 0. The summed E-state index contributed by atoms with van der Waals surface area (Å²) in [5, 5.41) is 10.5. The number of aliphatic hydroxyl groups excluding tert-OH is 1. The first-order valence-corrected chi connectivity index (χ1v) is 6.68. The van der Waals surface area contributed by atoms with Gasteiger partial charge in [0.25, 0.3) is 5.91 Å². The first-order valence-electron chi connectivity index (χ1n) is 6.30. The summed E-state index contributed by atoms with van der Waals surface area (Å²) >= 11 is 5.89. The smallest absolute Gasteiger partial charge is 0.253 e. The lowest BCUT2D eigenvalue weighted by Gasteiger charge is -2.35. The molecule has 0 heterocycles. The normalized spacial score (nSPS) is 23.7. The van der Waals surface area contributed by atoms with Crippen LogP contribution in [0.5, 0.6) is 0 Å². The van der Waals surface area contributed by atoms with Crippen LogP contribution in [-0.4, -0.2) is 35.1 Å². The Labute approximate surface area is 112 Å². The highest BCUT2D eigenvalue weighted by molar-refractivity contribution is 6.30. The zero-order chi connectivity index (χ0) is 13.1. The summed E-state index contributed by atoms with van der Waals surface area (Å²) in [6.45, 7) is 0. The molecule has 1 aliphatic carbocycles. The minimum Gasteiger partial charge on any atom is -0.391 e. The maximum absolute atomic E-state index is 12.3. The highest BCUT2D eigenvalue weighted by Gasteiger charge is 2.29. The summed E-state index contributed by atoms with van der Waals surface area (Å²) in [4.78, 5) is 13.9. The van der Waals surface area contributed by atoms with Crippen LogP contribution in [0.1, 0.15) is 36.0 Å². The monoisotopic (exact) mass is 267 g/mol. The molecule has 1 saturated carbocycles. The van der Waals surface area contributed by atoms with Crippen LogP contribution < -0.4 is 0 Å². The van der Waals surface area contributed by atoms with Crippen molar-refractivity contribution in [2.45, 2.75) is 37.8 Å². The van der Waals surface area contributed by atoms with E-state index in [1.54, 1.807) is 36.2 Å². The van der Waals surface area contributed by atoms with Gasteiger partial charge in [0.15, 0.2) is 0 Å². The Balaban J connectivity index is 2.13. The Morgan fingerprint density at radius 1 is 1.39 bits per heavy atom. The molecule has 0 radical (unpaired) electrons. The number of halogens is 1. The fourth-order valence-electron chi connectivity index (χ4n) is 2.52. The topological polar surface area (TPSA) is 40.5 Å². The third kappa shape index (κ3) is 2.85. The molecule has 0 saturated heterocycles. The number of hydrogen-bond donors (Lipinski definition) is 1. The number of carbonyl (C=O) groups is 1. The highest BCUT2D eigenvalue weighted by atomic mass is 35.5. The molecule has 1 fully saturated rings. The molecule has 0 unspecified atom stereocenters. The Morgan fingerprint density at radius 3 is 2.78 bits per heavy atom. The van der Waals surface area contributed by atoms with Crippen molar-refractivity contribution in [1.29, 1.82) is 0 Å². The predicted molar refractivity (Wildman–Crippen MR) is 71.8 cm³/mol. The maximum atomic E-state index is 12.3. The molecule has 0 spiro atoms. The lowest BCUT2D eigenvalue weighted by atomic mass is 9.91. The van der Waals surface area contributed by atoms with Gasteiger partial charge in [-0.2, -0.15) is 0 Å². The van der Waals surface area contributed by atoms with Gasteiger partial charge >= 0.3 is 0 Å². The van der Waals surface area contributed by atoms with Crippen LogP contribution in [0.4, 0.5) is 0 Å². The van der Waals surface area contributed by atoms with Crippen LogP contribution in [0.15, 0.2) is 24.3 Å². The van der Waals surface area contributed by atoms with Crippen molar-refractivity contribution in [3.8, 4) is 0 Å². The number of nitrogens with zero attached hydrogens (tertiary/aromatic N) is 1. The van der Waals surface area contributed by atoms with Gasteiger partial charge in [-0.25, -0.2) is 0 Å². The van der Waals surface area contributed by atoms with Crippen molar-refractivity contribution in [1.82, 2.24) is 4.90 Å². The molecule has 0 aromatic heterocycles. The summed E-state index contributed by atoms with van der Waals surface area (Å²) in [5.41, 5.74) is 0.572. The van der Waals surface area contributed by atoms with Crippen molar-refractivity contribution >= 4 is 17.5 Å². The van der Waals surface area contributed by atoms with Gasteiger partial charge in [-0.3, -0.25) is 4.79 Å². The molecule has 0 aliphatic heterocycles.